The van der Waals surface area contributed by atoms with Gasteiger partial charge in [-0.15, -0.1) is 0 Å². The van der Waals surface area contributed by atoms with Crippen LogP contribution in [0, 0.1) is 0 Å². The van der Waals surface area contributed by atoms with Gasteiger partial charge in [-0.1, -0.05) is 24.3 Å². The molecule has 28 heavy (non-hydrogen) atoms. The number of benzene rings is 2. The van der Waals surface area contributed by atoms with Crippen molar-refractivity contribution in [2.24, 2.45) is 0 Å². The van der Waals surface area contributed by atoms with Crippen LogP contribution < -0.4 is 15.0 Å². The van der Waals surface area contributed by atoms with Crippen LogP contribution in [0.2, 0.25) is 0 Å². The third-order valence-corrected chi connectivity index (χ3v) is 4.65. The van der Waals surface area contributed by atoms with E-state index in [1.165, 1.54) is 7.11 Å². The Hall–Kier alpha value is -3.22. The summed E-state index contributed by atoms with van der Waals surface area (Å²) in [5, 5.41) is 2.93. The molecule has 1 saturated heterocycles. The van der Waals surface area contributed by atoms with Crippen molar-refractivity contribution in [1.82, 2.24) is 4.90 Å². The zero-order valence-electron chi connectivity index (χ0n) is 16.2. The van der Waals surface area contributed by atoms with Crippen molar-refractivity contribution < 1.29 is 19.1 Å². The van der Waals surface area contributed by atoms with Crippen molar-refractivity contribution >= 4 is 23.4 Å². The first-order valence-electron chi connectivity index (χ1n) is 9.34. The van der Waals surface area contributed by atoms with Crippen LogP contribution in [0.15, 0.2) is 48.5 Å². The highest BCUT2D eigenvalue weighted by molar-refractivity contribution is 5.96. The molecule has 0 aliphatic carbocycles. The lowest BCUT2D eigenvalue weighted by Crippen LogP contribution is -2.50. The van der Waals surface area contributed by atoms with E-state index in [9.17, 15) is 9.59 Å². The zero-order chi connectivity index (χ0) is 19.9. The predicted molar refractivity (Wildman–Crippen MR) is 108 cm³/mol. The first-order valence-corrected chi connectivity index (χ1v) is 9.34. The molecule has 1 N–H and O–H groups in total. The molecule has 2 aromatic rings. The zero-order valence-corrected chi connectivity index (χ0v) is 16.2. The Balaban J connectivity index is 1.63. The van der Waals surface area contributed by atoms with Crippen molar-refractivity contribution in [3.05, 3.63) is 54.1 Å². The largest absolute Gasteiger partial charge is 0.492 e. The minimum atomic E-state index is -0.358. The lowest BCUT2D eigenvalue weighted by Gasteiger charge is -2.36. The molecule has 148 valence electrons. The van der Waals surface area contributed by atoms with E-state index in [4.69, 9.17) is 9.47 Å². The molecule has 0 radical (unpaired) electrons. The predicted octanol–water partition coefficient (Wildman–Crippen LogP) is 3.23. The number of urea groups is 1. The van der Waals surface area contributed by atoms with Crippen molar-refractivity contribution in [2.75, 3.05) is 50.1 Å². The highest BCUT2D eigenvalue weighted by Gasteiger charge is 2.24. The number of hydrogen-bond donors (Lipinski definition) is 1. The molecule has 1 fully saturated rings. The highest BCUT2D eigenvalue weighted by Crippen LogP contribution is 2.25. The molecular weight excluding hydrogens is 358 g/mol. The lowest BCUT2D eigenvalue weighted by atomic mass is 10.1. The minimum absolute atomic E-state index is 0.159. The number of para-hydroxylation sites is 3. The third kappa shape index (κ3) is 4.36. The molecule has 7 nitrogen and oxygen atoms in total. The van der Waals surface area contributed by atoms with E-state index in [0.29, 0.717) is 49.8 Å². The molecule has 3 rings (SSSR count). The minimum Gasteiger partial charge on any atom is -0.492 e. The Kier molecular flexibility index (Phi) is 6.37. The number of hydrogen-bond acceptors (Lipinski definition) is 5. The van der Waals surface area contributed by atoms with Crippen LogP contribution in [0.4, 0.5) is 16.2 Å². The van der Waals surface area contributed by atoms with Crippen LogP contribution in [-0.4, -0.2) is 56.8 Å². The smallest absolute Gasteiger partial charge is 0.339 e. The molecule has 2 aromatic carbocycles. The van der Waals surface area contributed by atoms with Gasteiger partial charge in [0.2, 0.25) is 0 Å². The fourth-order valence-corrected chi connectivity index (χ4v) is 3.23. The molecule has 0 atom stereocenters. The molecule has 0 bridgehead atoms. The lowest BCUT2D eigenvalue weighted by molar-refractivity contribution is 0.0601. The summed E-state index contributed by atoms with van der Waals surface area (Å²) < 4.78 is 10.4. The second-order valence-corrected chi connectivity index (χ2v) is 6.34. The van der Waals surface area contributed by atoms with Gasteiger partial charge in [0.15, 0.2) is 0 Å². The summed E-state index contributed by atoms with van der Waals surface area (Å²) in [6.45, 7) is 4.81. The van der Waals surface area contributed by atoms with Crippen molar-refractivity contribution in [2.45, 2.75) is 6.92 Å². The van der Waals surface area contributed by atoms with Gasteiger partial charge < -0.3 is 24.6 Å². The summed E-state index contributed by atoms with van der Waals surface area (Å²) in [5.74, 6) is 0.298. The summed E-state index contributed by atoms with van der Waals surface area (Å²) in [7, 11) is 1.38. The van der Waals surface area contributed by atoms with E-state index >= 15 is 0 Å². The number of nitrogens with zero attached hydrogens (tertiary/aromatic N) is 2. The van der Waals surface area contributed by atoms with Crippen molar-refractivity contribution in [3.8, 4) is 5.75 Å². The molecule has 1 heterocycles. The molecule has 2 amide bonds. The van der Waals surface area contributed by atoms with E-state index < -0.39 is 0 Å². The number of rotatable bonds is 5. The Labute approximate surface area is 164 Å². The molecule has 7 heteroatoms. The van der Waals surface area contributed by atoms with E-state index in [1.807, 2.05) is 49.4 Å². The van der Waals surface area contributed by atoms with Gasteiger partial charge in [0, 0.05) is 26.2 Å². The number of carbonyl (C=O) groups is 2. The fourth-order valence-electron chi connectivity index (χ4n) is 3.23. The number of nitrogens with one attached hydrogen (secondary N) is 1. The summed E-state index contributed by atoms with van der Waals surface area (Å²) in [6.07, 6.45) is 0. The van der Waals surface area contributed by atoms with Gasteiger partial charge in [0.05, 0.1) is 30.7 Å². The molecule has 0 spiro atoms. The van der Waals surface area contributed by atoms with E-state index in [1.54, 1.807) is 11.0 Å². The number of carbonyl (C=O) groups excluding carboxylic acids is 2. The number of anilines is 2. The van der Waals surface area contributed by atoms with Crippen LogP contribution in [0.1, 0.15) is 17.3 Å². The SMILES string of the molecule is CCOc1ccccc1NC(=O)N1CCN(c2ccccc2C(=O)OC)CC1. The monoisotopic (exact) mass is 383 g/mol. The normalized spacial score (nSPS) is 13.8. The Morgan fingerprint density at radius 3 is 2.39 bits per heavy atom. The van der Waals surface area contributed by atoms with Gasteiger partial charge in [-0.2, -0.15) is 0 Å². The molecule has 0 saturated carbocycles. The fraction of sp³-hybridized carbons (Fsp3) is 0.333. The van der Waals surface area contributed by atoms with Crippen LogP contribution >= 0.6 is 0 Å². The van der Waals surface area contributed by atoms with E-state index in [0.717, 1.165) is 5.69 Å². The van der Waals surface area contributed by atoms with Crippen molar-refractivity contribution in [3.63, 3.8) is 0 Å². The van der Waals surface area contributed by atoms with Crippen LogP contribution in [-0.2, 0) is 4.74 Å². The van der Waals surface area contributed by atoms with Gasteiger partial charge in [0.1, 0.15) is 5.75 Å². The Bertz CT molecular complexity index is 832. The number of ether oxygens (including phenoxy) is 2. The van der Waals surface area contributed by atoms with Gasteiger partial charge in [-0.05, 0) is 31.2 Å². The molecule has 1 aliphatic rings. The maximum atomic E-state index is 12.7. The molecular formula is C21H25N3O4. The first kappa shape index (κ1) is 19.5. The van der Waals surface area contributed by atoms with Gasteiger partial charge in [-0.25, -0.2) is 9.59 Å². The number of esters is 1. The first-order chi connectivity index (χ1) is 13.6. The van der Waals surface area contributed by atoms with E-state index in [2.05, 4.69) is 10.2 Å². The van der Waals surface area contributed by atoms with Crippen LogP contribution in [0.3, 0.4) is 0 Å². The molecule has 0 unspecified atom stereocenters. The average Bonchev–Trinajstić information content (AvgIpc) is 2.75. The summed E-state index contributed by atoms with van der Waals surface area (Å²) in [5.41, 5.74) is 2.03. The summed E-state index contributed by atoms with van der Waals surface area (Å²) >= 11 is 0. The maximum absolute atomic E-state index is 12.7. The van der Waals surface area contributed by atoms with Gasteiger partial charge >= 0.3 is 12.0 Å². The average molecular weight is 383 g/mol. The number of methoxy groups -OCH3 is 1. The topological polar surface area (TPSA) is 71.1 Å². The van der Waals surface area contributed by atoms with Crippen LogP contribution in [0.25, 0.3) is 0 Å². The van der Waals surface area contributed by atoms with Crippen LogP contribution in [0.5, 0.6) is 5.75 Å². The van der Waals surface area contributed by atoms with E-state index in [-0.39, 0.29) is 12.0 Å². The summed E-state index contributed by atoms with van der Waals surface area (Å²) in [6, 6.07) is 14.6. The second-order valence-electron chi connectivity index (χ2n) is 6.34. The van der Waals surface area contributed by atoms with Gasteiger partial charge in [0.25, 0.3) is 0 Å². The summed E-state index contributed by atoms with van der Waals surface area (Å²) in [4.78, 5) is 28.5. The number of amides is 2. The standard InChI is InChI=1S/C21H25N3O4/c1-3-28-19-11-7-5-9-17(19)22-21(26)24-14-12-23(13-15-24)18-10-6-4-8-16(18)20(25)27-2/h4-11H,3,12-15H2,1-2H3,(H,22,26). The Morgan fingerprint density at radius 1 is 1.00 bits per heavy atom. The highest BCUT2D eigenvalue weighted by atomic mass is 16.5. The second kappa shape index (κ2) is 9.12. The maximum Gasteiger partial charge on any atom is 0.339 e. The molecule has 1 aliphatic heterocycles. The quantitative estimate of drug-likeness (QED) is 0.803. The molecule has 0 aromatic heterocycles. The van der Waals surface area contributed by atoms with Crippen molar-refractivity contribution in [1.29, 1.82) is 0 Å². The third-order valence-electron chi connectivity index (χ3n) is 4.65. The van der Waals surface area contributed by atoms with Gasteiger partial charge in [-0.3, -0.25) is 0 Å². The number of piperazine rings is 1. The Morgan fingerprint density at radius 2 is 1.68 bits per heavy atom.